The highest BCUT2D eigenvalue weighted by Gasteiger charge is 2.28. The summed E-state index contributed by atoms with van der Waals surface area (Å²) in [6.07, 6.45) is 8.07. The molecule has 2 atom stereocenters. The normalized spacial score (nSPS) is 34.9. The van der Waals surface area contributed by atoms with Crippen LogP contribution in [0.1, 0.15) is 52.4 Å². The third-order valence-corrected chi connectivity index (χ3v) is 4.45. The molecule has 2 fully saturated rings. The van der Waals surface area contributed by atoms with Gasteiger partial charge < -0.3 is 10.1 Å². The van der Waals surface area contributed by atoms with Crippen LogP contribution in [0.2, 0.25) is 0 Å². The van der Waals surface area contributed by atoms with Gasteiger partial charge in [-0.3, -0.25) is 0 Å². The summed E-state index contributed by atoms with van der Waals surface area (Å²) in [7, 11) is 0. The smallest absolute Gasteiger partial charge is 0.0471 e. The largest absolute Gasteiger partial charge is 0.381 e. The Bertz CT molecular complexity index is 211. The Kier molecular flexibility index (Phi) is 4.26. The first-order valence-corrected chi connectivity index (χ1v) is 6.99. The van der Waals surface area contributed by atoms with Gasteiger partial charge in [0, 0.05) is 25.8 Å². The summed E-state index contributed by atoms with van der Waals surface area (Å²) in [4.78, 5) is 0. The molecule has 1 heterocycles. The predicted octanol–water partition coefficient (Wildman–Crippen LogP) is 2.97. The van der Waals surface area contributed by atoms with Crippen molar-refractivity contribution >= 4 is 0 Å². The quantitative estimate of drug-likeness (QED) is 0.797. The molecule has 1 aliphatic carbocycles. The Morgan fingerprint density at radius 2 is 2.00 bits per heavy atom. The van der Waals surface area contributed by atoms with E-state index in [-0.39, 0.29) is 0 Å². The fourth-order valence-corrected chi connectivity index (χ4v) is 3.05. The van der Waals surface area contributed by atoms with Crippen LogP contribution in [-0.2, 0) is 4.74 Å². The fourth-order valence-electron chi connectivity index (χ4n) is 3.05. The summed E-state index contributed by atoms with van der Waals surface area (Å²) >= 11 is 0. The molecular formula is C14H27NO. The minimum atomic E-state index is 0.485. The first kappa shape index (κ1) is 12.4. The molecule has 94 valence electrons. The van der Waals surface area contributed by atoms with Crippen molar-refractivity contribution in [1.82, 2.24) is 5.32 Å². The maximum Gasteiger partial charge on any atom is 0.0471 e. The van der Waals surface area contributed by atoms with Crippen molar-refractivity contribution in [1.29, 1.82) is 0 Å². The number of hydrogen-bond donors (Lipinski definition) is 1. The van der Waals surface area contributed by atoms with Gasteiger partial charge in [-0.1, -0.05) is 26.7 Å². The Balaban J connectivity index is 1.73. The lowest BCUT2D eigenvalue weighted by Gasteiger charge is -2.36. The van der Waals surface area contributed by atoms with Gasteiger partial charge in [0.2, 0.25) is 0 Å². The van der Waals surface area contributed by atoms with Crippen molar-refractivity contribution in [2.75, 3.05) is 19.8 Å². The maximum absolute atomic E-state index is 5.45. The number of nitrogens with one attached hydrogen (secondary N) is 1. The van der Waals surface area contributed by atoms with Crippen LogP contribution in [0.25, 0.3) is 0 Å². The molecule has 2 aliphatic rings. The van der Waals surface area contributed by atoms with E-state index in [2.05, 4.69) is 19.2 Å². The molecular weight excluding hydrogens is 198 g/mol. The number of rotatable bonds is 3. The van der Waals surface area contributed by atoms with Gasteiger partial charge in [-0.2, -0.15) is 0 Å². The third-order valence-electron chi connectivity index (χ3n) is 4.45. The van der Waals surface area contributed by atoms with E-state index in [1.807, 2.05) is 0 Å². The lowest BCUT2D eigenvalue weighted by atomic mass is 9.81. The van der Waals surface area contributed by atoms with Crippen LogP contribution < -0.4 is 5.32 Å². The second kappa shape index (κ2) is 5.50. The highest BCUT2D eigenvalue weighted by Crippen LogP contribution is 2.30. The van der Waals surface area contributed by atoms with Gasteiger partial charge in [0.05, 0.1) is 0 Å². The summed E-state index contributed by atoms with van der Waals surface area (Å²) in [5.74, 6) is 0.925. The van der Waals surface area contributed by atoms with E-state index in [0.717, 1.165) is 25.2 Å². The van der Waals surface area contributed by atoms with E-state index in [1.54, 1.807) is 0 Å². The third kappa shape index (κ3) is 3.46. The average Bonchev–Trinajstić information content (AvgIpc) is 2.28. The molecule has 0 aromatic rings. The molecule has 0 aromatic carbocycles. The van der Waals surface area contributed by atoms with Crippen LogP contribution in [0, 0.1) is 11.3 Å². The molecule has 0 radical (unpaired) electrons. The Hall–Kier alpha value is -0.0800. The van der Waals surface area contributed by atoms with Crippen molar-refractivity contribution < 1.29 is 4.74 Å². The molecule has 0 aromatic heterocycles. The van der Waals surface area contributed by atoms with Crippen LogP contribution in [0.4, 0.5) is 0 Å². The molecule has 2 unspecified atom stereocenters. The summed E-state index contributed by atoms with van der Waals surface area (Å²) in [6, 6.07) is 0.781. The van der Waals surface area contributed by atoms with Gasteiger partial charge in [-0.15, -0.1) is 0 Å². The van der Waals surface area contributed by atoms with Gasteiger partial charge in [0.15, 0.2) is 0 Å². The molecule has 1 N–H and O–H groups in total. The Morgan fingerprint density at radius 1 is 1.25 bits per heavy atom. The number of ether oxygens (including phenoxy) is 1. The van der Waals surface area contributed by atoms with Gasteiger partial charge in [0.1, 0.15) is 0 Å². The zero-order valence-electron chi connectivity index (χ0n) is 10.9. The highest BCUT2D eigenvalue weighted by molar-refractivity contribution is 4.83. The summed E-state index contributed by atoms with van der Waals surface area (Å²) in [5.41, 5.74) is 0.485. The molecule has 1 saturated heterocycles. The molecule has 0 amide bonds. The van der Waals surface area contributed by atoms with Crippen molar-refractivity contribution in [2.24, 2.45) is 11.3 Å². The molecule has 16 heavy (non-hydrogen) atoms. The molecule has 2 rings (SSSR count). The molecule has 2 heteroatoms. The van der Waals surface area contributed by atoms with Gasteiger partial charge >= 0.3 is 0 Å². The predicted molar refractivity (Wildman–Crippen MR) is 67.6 cm³/mol. The molecule has 0 spiro atoms. The average molecular weight is 225 g/mol. The van der Waals surface area contributed by atoms with Gasteiger partial charge in [-0.05, 0) is 37.0 Å². The van der Waals surface area contributed by atoms with Gasteiger partial charge in [0.25, 0.3) is 0 Å². The van der Waals surface area contributed by atoms with Gasteiger partial charge in [-0.25, -0.2) is 0 Å². The Labute approximate surface area is 100 Å². The minimum Gasteiger partial charge on any atom is -0.381 e. The zero-order chi connectivity index (χ0) is 11.4. The van der Waals surface area contributed by atoms with E-state index in [9.17, 15) is 0 Å². The molecule has 2 nitrogen and oxygen atoms in total. The lowest BCUT2D eigenvalue weighted by molar-refractivity contribution is 0.0219. The first-order chi connectivity index (χ1) is 7.68. The van der Waals surface area contributed by atoms with Crippen molar-refractivity contribution in [3.8, 4) is 0 Å². The van der Waals surface area contributed by atoms with E-state index in [0.29, 0.717) is 5.41 Å². The van der Waals surface area contributed by atoms with Crippen molar-refractivity contribution in [3.05, 3.63) is 0 Å². The van der Waals surface area contributed by atoms with E-state index in [4.69, 9.17) is 4.74 Å². The Morgan fingerprint density at radius 3 is 2.69 bits per heavy atom. The van der Waals surface area contributed by atoms with Crippen LogP contribution >= 0.6 is 0 Å². The summed E-state index contributed by atoms with van der Waals surface area (Å²) in [5, 5.41) is 3.81. The zero-order valence-corrected chi connectivity index (χ0v) is 10.9. The van der Waals surface area contributed by atoms with E-state index < -0.39 is 0 Å². The number of hydrogen-bond acceptors (Lipinski definition) is 2. The lowest BCUT2D eigenvalue weighted by Crippen LogP contribution is -2.42. The SMILES string of the molecule is CC1CCCC(NCC2(C)CCOCC2)C1. The van der Waals surface area contributed by atoms with Crippen LogP contribution in [0.5, 0.6) is 0 Å². The second-order valence-electron chi connectivity index (χ2n) is 6.27. The topological polar surface area (TPSA) is 21.3 Å². The fraction of sp³-hybridized carbons (Fsp3) is 1.00. The molecule has 0 bridgehead atoms. The molecule has 1 saturated carbocycles. The first-order valence-electron chi connectivity index (χ1n) is 6.99. The van der Waals surface area contributed by atoms with E-state index >= 15 is 0 Å². The highest BCUT2D eigenvalue weighted by atomic mass is 16.5. The summed E-state index contributed by atoms with van der Waals surface area (Å²) < 4.78 is 5.45. The van der Waals surface area contributed by atoms with Crippen molar-refractivity contribution in [3.63, 3.8) is 0 Å². The monoisotopic (exact) mass is 225 g/mol. The standard InChI is InChI=1S/C14H27NO/c1-12-4-3-5-13(10-12)15-11-14(2)6-8-16-9-7-14/h12-13,15H,3-11H2,1-2H3. The van der Waals surface area contributed by atoms with Crippen LogP contribution in [0.3, 0.4) is 0 Å². The minimum absolute atomic E-state index is 0.485. The van der Waals surface area contributed by atoms with Crippen LogP contribution in [0.15, 0.2) is 0 Å². The van der Waals surface area contributed by atoms with E-state index in [1.165, 1.54) is 45.1 Å². The maximum atomic E-state index is 5.45. The molecule has 1 aliphatic heterocycles. The summed E-state index contributed by atoms with van der Waals surface area (Å²) in [6.45, 7) is 7.91. The van der Waals surface area contributed by atoms with Crippen LogP contribution in [-0.4, -0.2) is 25.8 Å². The second-order valence-corrected chi connectivity index (χ2v) is 6.27. The van der Waals surface area contributed by atoms with Crippen molar-refractivity contribution in [2.45, 2.75) is 58.4 Å².